The summed E-state index contributed by atoms with van der Waals surface area (Å²) in [7, 11) is 0. The number of carbonyl (C=O) groups excluding carboxylic acids is 2. The van der Waals surface area contributed by atoms with E-state index in [1.807, 2.05) is 0 Å². The maximum absolute atomic E-state index is 11.8. The molecule has 4 heteroatoms. The summed E-state index contributed by atoms with van der Waals surface area (Å²) in [5.41, 5.74) is 0. The van der Waals surface area contributed by atoms with Crippen molar-refractivity contribution < 1.29 is 14.7 Å². The Morgan fingerprint density at radius 3 is 2.50 bits per heavy atom. The standard InChI is InChI=1S/C14H23NO3/c16-9-12(6-10-4-2-1-3-5-10)15-14(18)11-7-13(17)8-11/h10-12,16H,1-9H2,(H,15,18)/t12-/m0/s1. The molecule has 0 saturated heterocycles. The van der Waals surface area contributed by atoms with Gasteiger partial charge >= 0.3 is 0 Å². The molecule has 0 bridgehead atoms. The van der Waals surface area contributed by atoms with E-state index in [4.69, 9.17) is 0 Å². The first-order valence-corrected chi connectivity index (χ1v) is 7.12. The summed E-state index contributed by atoms with van der Waals surface area (Å²) in [5, 5.41) is 12.2. The van der Waals surface area contributed by atoms with Crippen LogP contribution in [0.25, 0.3) is 0 Å². The van der Waals surface area contributed by atoms with Crippen LogP contribution >= 0.6 is 0 Å². The van der Waals surface area contributed by atoms with Gasteiger partial charge < -0.3 is 10.4 Å². The summed E-state index contributed by atoms with van der Waals surface area (Å²) in [4.78, 5) is 22.7. The molecule has 2 rings (SSSR count). The number of amides is 1. The summed E-state index contributed by atoms with van der Waals surface area (Å²) in [6.45, 7) is 0.00288. The highest BCUT2D eigenvalue weighted by molar-refractivity contribution is 5.96. The molecule has 0 aromatic rings. The molecule has 2 N–H and O–H groups in total. The molecule has 102 valence electrons. The minimum atomic E-state index is -0.141. The summed E-state index contributed by atoms with van der Waals surface area (Å²) in [5.74, 6) is 0.615. The Balaban J connectivity index is 1.74. The van der Waals surface area contributed by atoms with Crippen molar-refractivity contribution >= 4 is 11.7 Å². The number of rotatable bonds is 5. The van der Waals surface area contributed by atoms with Gasteiger partial charge in [0.2, 0.25) is 5.91 Å². The molecule has 18 heavy (non-hydrogen) atoms. The van der Waals surface area contributed by atoms with Crippen molar-refractivity contribution in [3.05, 3.63) is 0 Å². The van der Waals surface area contributed by atoms with Crippen molar-refractivity contribution in [2.75, 3.05) is 6.61 Å². The molecule has 2 aliphatic carbocycles. The lowest BCUT2D eigenvalue weighted by molar-refractivity contribution is -0.138. The molecule has 0 aromatic carbocycles. The monoisotopic (exact) mass is 253 g/mol. The van der Waals surface area contributed by atoms with E-state index in [1.54, 1.807) is 0 Å². The van der Waals surface area contributed by atoms with Crippen LogP contribution in [-0.4, -0.2) is 29.4 Å². The highest BCUT2D eigenvalue weighted by Crippen LogP contribution is 2.28. The number of ketones is 1. The molecular formula is C14H23NO3. The summed E-state index contributed by atoms with van der Waals surface area (Å²) >= 11 is 0. The van der Waals surface area contributed by atoms with Gasteiger partial charge in [0.15, 0.2) is 0 Å². The highest BCUT2D eigenvalue weighted by atomic mass is 16.3. The molecule has 2 saturated carbocycles. The smallest absolute Gasteiger partial charge is 0.224 e. The summed E-state index contributed by atoms with van der Waals surface area (Å²) < 4.78 is 0. The van der Waals surface area contributed by atoms with Crippen LogP contribution in [0.1, 0.15) is 51.4 Å². The van der Waals surface area contributed by atoms with Crippen LogP contribution in [0, 0.1) is 11.8 Å². The second-order valence-electron chi connectivity index (χ2n) is 5.77. The Morgan fingerprint density at radius 1 is 1.28 bits per heavy atom. The van der Waals surface area contributed by atoms with E-state index in [2.05, 4.69) is 5.32 Å². The molecule has 4 nitrogen and oxygen atoms in total. The van der Waals surface area contributed by atoms with Crippen molar-refractivity contribution in [2.24, 2.45) is 11.8 Å². The maximum atomic E-state index is 11.8. The number of Topliss-reactive ketones (excluding diaryl/α,β-unsaturated/α-hetero) is 1. The Bertz CT molecular complexity index is 302. The fourth-order valence-electron chi connectivity index (χ4n) is 3.00. The quantitative estimate of drug-likeness (QED) is 0.778. The molecule has 0 unspecified atom stereocenters. The van der Waals surface area contributed by atoms with E-state index in [9.17, 15) is 14.7 Å². The summed E-state index contributed by atoms with van der Waals surface area (Å²) in [6, 6.07) is -0.128. The minimum Gasteiger partial charge on any atom is -0.394 e. The van der Waals surface area contributed by atoms with Crippen molar-refractivity contribution in [2.45, 2.75) is 57.4 Å². The molecular weight excluding hydrogens is 230 g/mol. The third kappa shape index (κ3) is 3.55. The van der Waals surface area contributed by atoms with Crippen LogP contribution < -0.4 is 5.32 Å². The van der Waals surface area contributed by atoms with E-state index in [-0.39, 0.29) is 30.3 Å². The third-order valence-corrected chi connectivity index (χ3v) is 4.23. The molecule has 0 aliphatic heterocycles. The van der Waals surface area contributed by atoms with Crippen LogP contribution in [0.3, 0.4) is 0 Å². The van der Waals surface area contributed by atoms with E-state index < -0.39 is 0 Å². The van der Waals surface area contributed by atoms with Crippen LogP contribution in [0.4, 0.5) is 0 Å². The topological polar surface area (TPSA) is 66.4 Å². The number of hydrogen-bond donors (Lipinski definition) is 2. The van der Waals surface area contributed by atoms with Gasteiger partial charge in [0.05, 0.1) is 18.6 Å². The van der Waals surface area contributed by atoms with Crippen molar-refractivity contribution in [3.63, 3.8) is 0 Å². The Hall–Kier alpha value is -0.900. The fourth-order valence-corrected chi connectivity index (χ4v) is 3.00. The van der Waals surface area contributed by atoms with Gasteiger partial charge in [-0.15, -0.1) is 0 Å². The Kier molecular flexibility index (Phi) is 4.75. The van der Waals surface area contributed by atoms with E-state index in [0.29, 0.717) is 18.8 Å². The first-order chi connectivity index (χ1) is 8.69. The van der Waals surface area contributed by atoms with Crippen LogP contribution in [-0.2, 0) is 9.59 Å². The third-order valence-electron chi connectivity index (χ3n) is 4.23. The van der Waals surface area contributed by atoms with Gasteiger partial charge in [-0.05, 0) is 12.3 Å². The van der Waals surface area contributed by atoms with E-state index in [1.165, 1.54) is 32.1 Å². The van der Waals surface area contributed by atoms with Gasteiger partial charge in [-0.25, -0.2) is 0 Å². The van der Waals surface area contributed by atoms with Crippen LogP contribution in [0.15, 0.2) is 0 Å². The molecule has 0 aromatic heterocycles. The van der Waals surface area contributed by atoms with Gasteiger partial charge in [-0.2, -0.15) is 0 Å². The van der Waals surface area contributed by atoms with Crippen molar-refractivity contribution in [3.8, 4) is 0 Å². The SMILES string of the molecule is O=C1CC(C(=O)N[C@H](CO)CC2CCCCC2)C1. The average Bonchev–Trinajstić information content (AvgIpc) is 2.35. The van der Waals surface area contributed by atoms with E-state index >= 15 is 0 Å². The first-order valence-electron chi connectivity index (χ1n) is 7.12. The van der Waals surface area contributed by atoms with Gasteiger partial charge in [0.25, 0.3) is 0 Å². The van der Waals surface area contributed by atoms with Gasteiger partial charge in [-0.1, -0.05) is 32.1 Å². The molecule has 2 fully saturated rings. The Labute approximate surface area is 108 Å². The largest absolute Gasteiger partial charge is 0.394 e. The number of hydrogen-bond acceptors (Lipinski definition) is 3. The molecule has 0 spiro atoms. The normalized spacial score (nSPS) is 23.5. The van der Waals surface area contributed by atoms with Gasteiger partial charge in [0, 0.05) is 12.8 Å². The van der Waals surface area contributed by atoms with Crippen molar-refractivity contribution in [1.29, 1.82) is 0 Å². The predicted molar refractivity (Wildman–Crippen MR) is 67.9 cm³/mol. The molecule has 0 radical (unpaired) electrons. The lowest BCUT2D eigenvalue weighted by atomic mass is 9.82. The minimum absolute atomic E-state index is 0.00288. The van der Waals surface area contributed by atoms with Crippen LogP contribution in [0.2, 0.25) is 0 Å². The number of nitrogens with one attached hydrogen (secondary N) is 1. The molecule has 2 aliphatic rings. The predicted octanol–water partition coefficient (Wildman–Crippen LogP) is 1.41. The van der Waals surface area contributed by atoms with Gasteiger partial charge in [0.1, 0.15) is 5.78 Å². The zero-order chi connectivity index (χ0) is 13.0. The lowest BCUT2D eigenvalue weighted by Gasteiger charge is -2.29. The Morgan fingerprint density at radius 2 is 1.94 bits per heavy atom. The second kappa shape index (κ2) is 6.32. The van der Waals surface area contributed by atoms with Gasteiger partial charge in [-0.3, -0.25) is 9.59 Å². The number of aliphatic hydroxyl groups is 1. The zero-order valence-electron chi connectivity index (χ0n) is 10.9. The first kappa shape index (κ1) is 13.5. The molecule has 0 heterocycles. The molecule has 1 amide bonds. The number of carbonyl (C=O) groups is 2. The molecule has 1 atom stereocenters. The second-order valence-corrected chi connectivity index (χ2v) is 5.77. The number of aliphatic hydroxyl groups excluding tert-OH is 1. The average molecular weight is 253 g/mol. The van der Waals surface area contributed by atoms with Crippen LogP contribution in [0.5, 0.6) is 0 Å². The fraction of sp³-hybridized carbons (Fsp3) is 0.857. The van der Waals surface area contributed by atoms with E-state index in [0.717, 1.165) is 6.42 Å². The maximum Gasteiger partial charge on any atom is 0.224 e. The zero-order valence-corrected chi connectivity index (χ0v) is 10.9. The summed E-state index contributed by atoms with van der Waals surface area (Å²) in [6.07, 6.45) is 7.94. The lowest BCUT2D eigenvalue weighted by Crippen LogP contribution is -2.45. The highest BCUT2D eigenvalue weighted by Gasteiger charge is 2.33. The van der Waals surface area contributed by atoms with Crippen molar-refractivity contribution in [1.82, 2.24) is 5.32 Å².